The van der Waals surface area contributed by atoms with E-state index in [0.29, 0.717) is 30.4 Å². The minimum absolute atomic E-state index is 0.140. The Labute approximate surface area is 157 Å². The van der Waals surface area contributed by atoms with Gasteiger partial charge in [-0.1, -0.05) is 43.9 Å². The molecule has 2 aliphatic rings. The second-order valence-corrected chi connectivity index (χ2v) is 9.56. The first-order valence-corrected chi connectivity index (χ1v) is 11.3. The third-order valence-electron chi connectivity index (χ3n) is 5.65. The maximum Gasteiger partial charge on any atom is 0.243 e. The highest BCUT2D eigenvalue weighted by molar-refractivity contribution is 7.89. The summed E-state index contributed by atoms with van der Waals surface area (Å²) in [6.07, 6.45) is 9.20. The van der Waals surface area contributed by atoms with Crippen LogP contribution in [0.15, 0.2) is 35.2 Å². The van der Waals surface area contributed by atoms with Gasteiger partial charge >= 0.3 is 0 Å². The smallest absolute Gasteiger partial charge is 0.243 e. The number of hydrogen-bond donors (Lipinski definition) is 1. The molecule has 0 bridgehead atoms. The molecular weight excluding hydrogens is 348 g/mol. The molecule has 1 heterocycles. The molecule has 6 heteroatoms. The van der Waals surface area contributed by atoms with Crippen LogP contribution in [-0.4, -0.2) is 37.8 Å². The molecule has 1 saturated carbocycles. The molecule has 0 spiro atoms. The number of carbonyl (C=O) groups is 1. The Morgan fingerprint density at radius 2 is 1.58 bits per heavy atom. The normalized spacial score (nSPS) is 21.2. The van der Waals surface area contributed by atoms with Crippen LogP contribution in [0.1, 0.15) is 57.8 Å². The van der Waals surface area contributed by atoms with Crippen molar-refractivity contribution in [3.63, 3.8) is 0 Å². The molecule has 3 rings (SSSR count). The lowest BCUT2D eigenvalue weighted by Gasteiger charge is -2.31. The fourth-order valence-corrected chi connectivity index (χ4v) is 5.56. The highest BCUT2D eigenvalue weighted by atomic mass is 32.2. The van der Waals surface area contributed by atoms with Gasteiger partial charge in [0.1, 0.15) is 0 Å². The molecule has 0 unspecified atom stereocenters. The van der Waals surface area contributed by atoms with Crippen molar-refractivity contribution in [2.75, 3.05) is 13.1 Å². The molecule has 2 fully saturated rings. The maximum absolute atomic E-state index is 12.7. The van der Waals surface area contributed by atoms with Crippen LogP contribution in [0.3, 0.4) is 0 Å². The molecule has 144 valence electrons. The van der Waals surface area contributed by atoms with Gasteiger partial charge in [-0.3, -0.25) is 4.79 Å². The lowest BCUT2D eigenvalue weighted by atomic mass is 9.94. The molecule has 1 aliphatic carbocycles. The average molecular weight is 379 g/mol. The number of piperidine rings is 1. The molecule has 1 aromatic rings. The molecule has 26 heavy (non-hydrogen) atoms. The largest absolute Gasteiger partial charge is 0.353 e. The van der Waals surface area contributed by atoms with Crippen LogP contribution in [0.4, 0.5) is 0 Å². The maximum atomic E-state index is 12.7. The van der Waals surface area contributed by atoms with E-state index in [1.54, 1.807) is 28.6 Å². The Bertz CT molecular complexity index is 674. The van der Waals surface area contributed by atoms with E-state index in [4.69, 9.17) is 0 Å². The molecular formula is C20H30N2O3S. The third kappa shape index (κ3) is 5.07. The number of benzene rings is 1. The second-order valence-electron chi connectivity index (χ2n) is 7.62. The minimum Gasteiger partial charge on any atom is -0.353 e. The van der Waals surface area contributed by atoms with Crippen molar-refractivity contribution in [2.45, 2.75) is 68.7 Å². The zero-order chi connectivity index (χ0) is 18.4. The van der Waals surface area contributed by atoms with Gasteiger partial charge in [-0.2, -0.15) is 4.31 Å². The van der Waals surface area contributed by atoms with Crippen molar-refractivity contribution in [3.05, 3.63) is 30.3 Å². The van der Waals surface area contributed by atoms with Crippen molar-refractivity contribution in [3.8, 4) is 0 Å². The van der Waals surface area contributed by atoms with E-state index >= 15 is 0 Å². The van der Waals surface area contributed by atoms with Crippen molar-refractivity contribution in [1.82, 2.24) is 9.62 Å². The first-order chi connectivity index (χ1) is 12.6. The second kappa shape index (κ2) is 9.00. The van der Waals surface area contributed by atoms with Crippen LogP contribution >= 0.6 is 0 Å². The lowest BCUT2D eigenvalue weighted by Crippen LogP contribution is -2.40. The molecule has 1 N–H and O–H groups in total. The zero-order valence-electron chi connectivity index (χ0n) is 15.4. The van der Waals surface area contributed by atoms with E-state index in [9.17, 15) is 13.2 Å². The van der Waals surface area contributed by atoms with Crippen molar-refractivity contribution < 1.29 is 13.2 Å². The number of rotatable bonds is 5. The number of hydrogen-bond acceptors (Lipinski definition) is 3. The van der Waals surface area contributed by atoms with Crippen LogP contribution in [0, 0.1) is 5.92 Å². The summed E-state index contributed by atoms with van der Waals surface area (Å²) >= 11 is 0. The van der Waals surface area contributed by atoms with E-state index in [1.807, 2.05) is 6.07 Å². The molecule has 1 saturated heterocycles. The lowest BCUT2D eigenvalue weighted by molar-refractivity contribution is -0.123. The van der Waals surface area contributed by atoms with Gasteiger partial charge in [-0.05, 0) is 43.7 Å². The summed E-state index contributed by atoms with van der Waals surface area (Å²) in [5, 5.41) is 3.20. The van der Waals surface area contributed by atoms with E-state index in [2.05, 4.69) is 5.32 Å². The number of sulfonamides is 1. The van der Waals surface area contributed by atoms with Gasteiger partial charge in [0.05, 0.1) is 4.90 Å². The highest BCUT2D eigenvalue weighted by Gasteiger charge is 2.30. The Kier molecular flexibility index (Phi) is 6.70. The standard InChI is InChI=1S/C20H30N2O3S/c23-20(21-18-8-4-1-2-5-9-18)16-17-12-14-22(15-13-17)26(24,25)19-10-6-3-7-11-19/h3,6-7,10-11,17-18H,1-2,4-5,8-9,12-16H2,(H,21,23). The van der Waals surface area contributed by atoms with Crippen molar-refractivity contribution in [1.29, 1.82) is 0 Å². The summed E-state index contributed by atoms with van der Waals surface area (Å²) in [5.74, 6) is 0.421. The van der Waals surface area contributed by atoms with Crippen LogP contribution in [0.5, 0.6) is 0 Å². The SMILES string of the molecule is O=C(CC1CCN(S(=O)(=O)c2ccccc2)CC1)NC1CCCCCC1. The van der Waals surface area contributed by atoms with Crippen molar-refractivity contribution >= 4 is 15.9 Å². The van der Waals surface area contributed by atoms with Gasteiger partial charge in [0.25, 0.3) is 0 Å². The quantitative estimate of drug-likeness (QED) is 0.799. The minimum atomic E-state index is -3.41. The Morgan fingerprint density at radius 3 is 2.19 bits per heavy atom. The van der Waals surface area contributed by atoms with E-state index in [0.717, 1.165) is 25.7 Å². The summed E-state index contributed by atoms with van der Waals surface area (Å²) in [6, 6.07) is 8.93. The first kappa shape index (κ1) is 19.4. The first-order valence-electron chi connectivity index (χ1n) is 9.90. The molecule has 0 atom stereocenters. The molecule has 5 nitrogen and oxygen atoms in total. The van der Waals surface area contributed by atoms with Gasteiger partial charge in [0, 0.05) is 25.6 Å². The Hall–Kier alpha value is -1.40. The Morgan fingerprint density at radius 1 is 0.962 bits per heavy atom. The number of nitrogens with one attached hydrogen (secondary N) is 1. The molecule has 0 aromatic heterocycles. The summed E-state index contributed by atoms with van der Waals surface area (Å²) in [5.41, 5.74) is 0. The number of amides is 1. The Balaban J connectivity index is 1.47. The average Bonchev–Trinajstić information content (AvgIpc) is 2.91. The molecule has 0 radical (unpaired) electrons. The molecule has 1 aromatic carbocycles. The predicted molar refractivity (Wildman–Crippen MR) is 102 cm³/mol. The zero-order valence-corrected chi connectivity index (χ0v) is 16.2. The molecule has 1 aliphatic heterocycles. The summed E-state index contributed by atoms with van der Waals surface area (Å²) in [6.45, 7) is 0.997. The predicted octanol–water partition coefficient (Wildman–Crippen LogP) is 3.32. The van der Waals surface area contributed by atoms with Crippen LogP contribution in [-0.2, 0) is 14.8 Å². The topological polar surface area (TPSA) is 66.5 Å². The van der Waals surface area contributed by atoms with Gasteiger partial charge in [-0.25, -0.2) is 8.42 Å². The fraction of sp³-hybridized carbons (Fsp3) is 0.650. The van der Waals surface area contributed by atoms with Crippen LogP contribution in [0.25, 0.3) is 0 Å². The van der Waals surface area contributed by atoms with Crippen LogP contribution in [0.2, 0.25) is 0 Å². The van der Waals surface area contributed by atoms with E-state index in [-0.39, 0.29) is 11.8 Å². The number of carbonyl (C=O) groups excluding carboxylic acids is 1. The highest BCUT2D eigenvalue weighted by Crippen LogP contribution is 2.26. The fourth-order valence-electron chi connectivity index (χ4n) is 4.07. The van der Waals surface area contributed by atoms with Crippen molar-refractivity contribution in [2.24, 2.45) is 5.92 Å². The van der Waals surface area contributed by atoms with E-state index in [1.165, 1.54) is 25.7 Å². The monoisotopic (exact) mass is 378 g/mol. The summed E-state index contributed by atoms with van der Waals surface area (Å²) < 4.78 is 26.9. The van der Waals surface area contributed by atoms with Gasteiger partial charge < -0.3 is 5.32 Å². The summed E-state index contributed by atoms with van der Waals surface area (Å²) in [7, 11) is -3.41. The number of nitrogens with zero attached hydrogens (tertiary/aromatic N) is 1. The van der Waals surface area contributed by atoms with E-state index < -0.39 is 10.0 Å². The van der Waals surface area contributed by atoms with Gasteiger partial charge in [0.2, 0.25) is 15.9 Å². The summed E-state index contributed by atoms with van der Waals surface area (Å²) in [4.78, 5) is 12.7. The van der Waals surface area contributed by atoms with Gasteiger partial charge in [0.15, 0.2) is 0 Å². The third-order valence-corrected chi connectivity index (χ3v) is 7.56. The molecule has 1 amide bonds. The van der Waals surface area contributed by atoms with Gasteiger partial charge in [-0.15, -0.1) is 0 Å². The van der Waals surface area contributed by atoms with Crippen LogP contribution < -0.4 is 5.32 Å².